The predicted molar refractivity (Wildman–Crippen MR) is 101 cm³/mol. The summed E-state index contributed by atoms with van der Waals surface area (Å²) in [5.74, 6) is 0.431. The van der Waals surface area contributed by atoms with Gasteiger partial charge in [0.25, 0.3) is 0 Å². The molecule has 1 aliphatic heterocycles. The maximum atomic E-state index is 6.03. The average Bonchev–Trinajstić information content (AvgIpc) is 2.56. The number of rotatable bonds is 2. The van der Waals surface area contributed by atoms with Gasteiger partial charge in [-0.25, -0.2) is 0 Å². The molecule has 1 saturated heterocycles. The van der Waals surface area contributed by atoms with Crippen LogP contribution >= 0.6 is 11.6 Å². The molecule has 0 radical (unpaired) electrons. The van der Waals surface area contributed by atoms with Gasteiger partial charge in [0, 0.05) is 31.4 Å². The highest BCUT2D eigenvalue weighted by atomic mass is 35.5. The Labute approximate surface area is 148 Å². The SMILES string of the molecule is CC(C)(C)C1CN(c2cc(Cl)nnc2N)CCN1c1ccccc1. The minimum atomic E-state index is 0.119. The van der Waals surface area contributed by atoms with E-state index in [-0.39, 0.29) is 5.41 Å². The molecule has 2 heterocycles. The smallest absolute Gasteiger partial charge is 0.169 e. The Morgan fingerprint density at radius 1 is 1.12 bits per heavy atom. The number of nitrogen functional groups attached to an aromatic ring is 1. The third-order valence-corrected chi connectivity index (χ3v) is 4.76. The second-order valence-corrected chi connectivity index (χ2v) is 7.68. The van der Waals surface area contributed by atoms with Crippen molar-refractivity contribution in [2.45, 2.75) is 26.8 Å². The van der Waals surface area contributed by atoms with E-state index in [4.69, 9.17) is 17.3 Å². The van der Waals surface area contributed by atoms with Gasteiger partial charge in [0.2, 0.25) is 0 Å². The number of anilines is 3. The van der Waals surface area contributed by atoms with Crippen LogP contribution in [0.3, 0.4) is 0 Å². The first-order valence-electron chi connectivity index (χ1n) is 8.21. The summed E-state index contributed by atoms with van der Waals surface area (Å²) in [4.78, 5) is 4.76. The number of nitrogens with zero attached hydrogens (tertiary/aromatic N) is 4. The zero-order chi connectivity index (χ0) is 17.3. The van der Waals surface area contributed by atoms with Crippen LogP contribution in [0, 0.1) is 5.41 Å². The molecule has 0 bridgehead atoms. The van der Waals surface area contributed by atoms with Gasteiger partial charge in [-0.3, -0.25) is 0 Å². The van der Waals surface area contributed by atoms with Crippen molar-refractivity contribution < 1.29 is 0 Å². The number of nitrogens with two attached hydrogens (primary N) is 1. The van der Waals surface area contributed by atoms with Crippen molar-refractivity contribution in [1.82, 2.24) is 10.2 Å². The zero-order valence-electron chi connectivity index (χ0n) is 14.4. The standard InChI is InChI=1S/C18H24ClN5/c1-18(2,3)15-12-23(14-11-16(19)21-22-17(14)20)9-10-24(15)13-7-5-4-6-8-13/h4-8,11,15H,9-10,12H2,1-3H3,(H2,20,22). The van der Waals surface area contributed by atoms with E-state index in [1.807, 2.05) is 6.07 Å². The van der Waals surface area contributed by atoms with E-state index in [0.717, 1.165) is 25.3 Å². The minimum absolute atomic E-state index is 0.119. The summed E-state index contributed by atoms with van der Waals surface area (Å²) in [6.45, 7) is 9.48. The predicted octanol–water partition coefficient (Wildman–Crippen LogP) is 3.45. The van der Waals surface area contributed by atoms with Crippen LogP contribution in [-0.2, 0) is 0 Å². The molecular weight excluding hydrogens is 322 g/mol. The fraction of sp³-hybridized carbons (Fsp3) is 0.444. The van der Waals surface area contributed by atoms with Crippen LogP contribution in [0.5, 0.6) is 0 Å². The zero-order valence-corrected chi connectivity index (χ0v) is 15.2. The molecule has 2 aromatic rings. The van der Waals surface area contributed by atoms with Gasteiger partial charge in [0.05, 0.1) is 11.7 Å². The molecule has 6 heteroatoms. The fourth-order valence-electron chi connectivity index (χ4n) is 3.29. The van der Waals surface area contributed by atoms with Gasteiger partial charge in [-0.1, -0.05) is 50.6 Å². The van der Waals surface area contributed by atoms with E-state index in [1.165, 1.54) is 5.69 Å². The highest BCUT2D eigenvalue weighted by Gasteiger charge is 2.36. The van der Waals surface area contributed by atoms with Gasteiger partial charge >= 0.3 is 0 Å². The maximum absolute atomic E-state index is 6.03. The quantitative estimate of drug-likeness (QED) is 0.903. The van der Waals surface area contributed by atoms with Gasteiger partial charge in [0.1, 0.15) is 0 Å². The van der Waals surface area contributed by atoms with Crippen molar-refractivity contribution >= 4 is 28.8 Å². The molecule has 1 unspecified atom stereocenters. The van der Waals surface area contributed by atoms with Gasteiger partial charge in [-0.2, -0.15) is 0 Å². The normalized spacial score (nSPS) is 18.8. The second-order valence-electron chi connectivity index (χ2n) is 7.29. The van der Waals surface area contributed by atoms with Gasteiger partial charge in [0.15, 0.2) is 11.0 Å². The van der Waals surface area contributed by atoms with Crippen molar-refractivity contribution in [3.8, 4) is 0 Å². The van der Waals surface area contributed by atoms with Crippen molar-refractivity contribution in [3.63, 3.8) is 0 Å². The van der Waals surface area contributed by atoms with E-state index in [9.17, 15) is 0 Å². The molecule has 24 heavy (non-hydrogen) atoms. The summed E-state index contributed by atoms with van der Waals surface area (Å²) in [6.07, 6.45) is 0. The highest BCUT2D eigenvalue weighted by molar-refractivity contribution is 6.29. The molecule has 1 aliphatic rings. The molecule has 0 amide bonds. The maximum Gasteiger partial charge on any atom is 0.169 e. The van der Waals surface area contributed by atoms with Crippen LogP contribution in [0.2, 0.25) is 5.15 Å². The number of hydrogen-bond donors (Lipinski definition) is 1. The first-order chi connectivity index (χ1) is 11.4. The van der Waals surface area contributed by atoms with Crippen LogP contribution in [0.4, 0.5) is 17.2 Å². The number of halogens is 1. The Morgan fingerprint density at radius 2 is 1.83 bits per heavy atom. The van der Waals surface area contributed by atoms with Crippen molar-refractivity contribution in [2.75, 3.05) is 35.2 Å². The first kappa shape index (κ1) is 16.8. The second kappa shape index (κ2) is 6.48. The molecule has 3 rings (SSSR count). The topological polar surface area (TPSA) is 58.3 Å². The average molecular weight is 346 g/mol. The highest BCUT2D eigenvalue weighted by Crippen LogP contribution is 2.34. The lowest BCUT2D eigenvalue weighted by molar-refractivity contribution is 0.288. The number of para-hydroxylation sites is 1. The van der Waals surface area contributed by atoms with Gasteiger partial charge in [-0.15, -0.1) is 10.2 Å². The number of piperazine rings is 1. The summed E-state index contributed by atoms with van der Waals surface area (Å²) in [7, 11) is 0. The van der Waals surface area contributed by atoms with E-state index in [0.29, 0.717) is 17.0 Å². The Hall–Kier alpha value is -2.01. The molecular formula is C18H24ClN5. The third kappa shape index (κ3) is 3.41. The Morgan fingerprint density at radius 3 is 2.50 bits per heavy atom. The van der Waals surface area contributed by atoms with Crippen LogP contribution in [0.1, 0.15) is 20.8 Å². The van der Waals surface area contributed by atoms with E-state index in [1.54, 1.807) is 0 Å². The molecule has 0 aliphatic carbocycles. The van der Waals surface area contributed by atoms with Crippen LogP contribution in [-0.4, -0.2) is 35.9 Å². The number of benzene rings is 1. The monoisotopic (exact) mass is 345 g/mol. The number of aromatic nitrogens is 2. The van der Waals surface area contributed by atoms with Gasteiger partial charge < -0.3 is 15.5 Å². The van der Waals surface area contributed by atoms with Crippen LogP contribution < -0.4 is 15.5 Å². The lowest BCUT2D eigenvalue weighted by Crippen LogP contribution is -2.58. The largest absolute Gasteiger partial charge is 0.380 e. The summed E-state index contributed by atoms with van der Waals surface area (Å²) in [5, 5.41) is 8.15. The van der Waals surface area contributed by atoms with Gasteiger partial charge in [-0.05, 0) is 17.5 Å². The van der Waals surface area contributed by atoms with Crippen LogP contribution in [0.15, 0.2) is 36.4 Å². The molecule has 1 aromatic heterocycles. The number of hydrogen-bond acceptors (Lipinski definition) is 5. The lowest BCUT2D eigenvalue weighted by atomic mass is 9.83. The minimum Gasteiger partial charge on any atom is -0.380 e. The molecule has 5 nitrogen and oxygen atoms in total. The summed E-state index contributed by atoms with van der Waals surface area (Å²) in [6, 6.07) is 12.7. The Bertz CT molecular complexity index is 698. The first-order valence-corrected chi connectivity index (χ1v) is 8.59. The lowest BCUT2D eigenvalue weighted by Gasteiger charge is -2.49. The summed E-state index contributed by atoms with van der Waals surface area (Å²) >= 11 is 6.02. The van der Waals surface area contributed by atoms with E-state index >= 15 is 0 Å². The molecule has 0 spiro atoms. The Balaban J connectivity index is 1.91. The summed E-state index contributed by atoms with van der Waals surface area (Å²) < 4.78 is 0. The van der Waals surface area contributed by atoms with E-state index < -0.39 is 0 Å². The third-order valence-electron chi connectivity index (χ3n) is 4.58. The molecule has 1 atom stereocenters. The molecule has 2 N–H and O–H groups in total. The van der Waals surface area contributed by atoms with Crippen LogP contribution in [0.25, 0.3) is 0 Å². The van der Waals surface area contributed by atoms with Crippen molar-refractivity contribution in [2.24, 2.45) is 5.41 Å². The molecule has 1 fully saturated rings. The molecule has 1 aromatic carbocycles. The van der Waals surface area contributed by atoms with Crippen molar-refractivity contribution in [1.29, 1.82) is 0 Å². The Kier molecular flexibility index (Phi) is 4.54. The fourth-order valence-corrected chi connectivity index (χ4v) is 3.43. The van der Waals surface area contributed by atoms with Crippen molar-refractivity contribution in [3.05, 3.63) is 41.6 Å². The molecule has 0 saturated carbocycles. The van der Waals surface area contributed by atoms with E-state index in [2.05, 4.69) is 71.1 Å². The summed E-state index contributed by atoms with van der Waals surface area (Å²) in [5.41, 5.74) is 8.28. The molecule has 128 valence electrons.